The largest absolute Gasteiger partial charge is 0.337 e. The first-order valence-corrected chi connectivity index (χ1v) is 7.13. The second-order valence-electron chi connectivity index (χ2n) is 4.99. The van der Waals surface area contributed by atoms with E-state index in [1.165, 1.54) is 4.90 Å². The molecule has 0 bridgehead atoms. The zero-order chi connectivity index (χ0) is 13.8. The maximum absolute atomic E-state index is 11.9. The van der Waals surface area contributed by atoms with Crippen LogP contribution in [0, 0.1) is 0 Å². The number of hydrogen-bond donors (Lipinski definition) is 3. The van der Waals surface area contributed by atoms with Gasteiger partial charge < -0.3 is 15.5 Å². The van der Waals surface area contributed by atoms with Crippen molar-refractivity contribution in [1.82, 2.24) is 5.32 Å². The van der Waals surface area contributed by atoms with E-state index in [0.29, 0.717) is 15.7 Å². The van der Waals surface area contributed by atoms with Crippen LogP contribution in [-0.4, -0.2) is 32.2 Å². The highest BCUT2D eigenvalue weighted by molar-refractivity contribution is 6.35. The minimum absolute atomic E-state index is 0.206. The van der Waals surface area contributed by atoms with Gasteiger partial charge in [-0.1, -0.05) is 23.2 Å². The summed E-state index contributed by atoms with van der Waals surface area (Å²) in [6.07, 6.45) is 2.02. The first kappa shape index (κ1) is 14.4. The highest BCUT2D eigenvalue weighted by atomic mass is 35.5. The van der Waals surface area contributed by atoms with Gasteiger partial charge in [-0.05, 0) is 18.2 Å². The molecule has 0 spiro atoms. The lowest BCUT2D eigenvalue weighted by molar-refractivity contribution is -0.884. The molecular formula is C13H18Cl2N3O+. The van der Waals surface area contributed by atoms with Crippen LogP contribution in [0.5, 0.6) is 0 Å². The topological polar surface area (TPSA) is 45.6 Å². The van der Waals surface area contributed by atoms with Crippen LogP contribution >= 0.6 is 23.2 Å². The van der Waals surface area contributed by atoms with Crippen molar-refractivity contribution in [3.63, 3.8) is 0 Å². The lowest BCUT2D eigenvalue weighted by Crippen LogP contribution is -3.10. The molecule has 2 rings (SSSR count). The van der Waals surface area contributed by atoms with Gasteiger partial charge in [0.1, 0.15) is 0 Å². The molecule has 0 radical (unpaired) electrons. The van der Waals surface area contributed by atoms with E-state index in [1.54, 1.807) is 18.2 Å². The van der Waals surface area contributed by atoms with Crippen molar-refractivity contribution in [2.75, 3.05) is 25.5 Å². The van der Waals surface area contributed by atoms with Crippen molar-refractivity contribution >= 4 is 34.9 Å². The van der Waals surface area contributed by atoms with Crippen LogP contribution in [0.1, 0.15) is 12.8 Å². The summed E-state index contributed by atoms with van der Waals surface area (Å²) in [5.74, 6) is 0. The number of carbonyl (C=O) groups is 1. The number of quaternary nitrogens is 1. The molecule has 1 aliphatic rings. The van der Waals surface area contributed by atoms with Crippen molar-refractivity contribution < 1.29 is 9.69 Å². The number of nitrogens with one attached hydrogen (secondary N) is 3. The molecule has 1 fully saturated rings. The summed E-state index contributed by atoms with van der Waals surface area (Å²) in [5.41, 5.74) is 0.605. The van der Waals surface area contributed by atoms with E-state index in [-0.39, 0.29) is 12.1 Å². The molecule has 1 aromatic rings. The zero-order valence-corrected chi connectivity index (χ0v) is 12.3. The number of piperidine rings is 1. The molecule has 0 aliphatic carbocycles. The maximum Gasteiger partial charge on any atom is 0.319 e. The Morgan fingerprint density at radius 1 is 1.21 bits per heavy atom. The van der Waals surface area contributed by atoms with Crippen LogP contribution in [0.4, 0.5) is 10.5 Å². The number of rotatable bonds is 2. The number of amides is 2. The van der Waals surface area contributed by atoms with Crippen LogP contribution in [0.25, 0.3) is 0 Å². The van der Waals surface area contributed by atoms with Crippen LogP contribution in [0.2, 0.25) is 10.0 Å². The van der Waals surface area contributed by atoms with Gasteiger partial charge in [0.05, 0.1) is 20.1 Å². The van der Waals surface area contributed by atoms with Gasteiger partial charge in [0.25, 0.3) is 0 Å². The Kier molecular flexibility index (Phi) is 4.91. The van der Waals surface area contributed by atoms with E-state index < -0.39 is 0 Å². The monoisotopic (exact) mass is 302 g/mol. The third-order valence-electron chi connectivity index (χ3n) is 3.29. The summed E-state index contributed by atoms with van der Waals surface area (Å²) in [6, 6.07) is 5.02. The van der Waals surface area contributed by atoms with Gasteiger partial charge in [-0.25, -0.2) is 4.79 Å². The molecule has 4 nitrogen and oxygen atoms in total. The minimum atomic E-state index is -0.206. The molecule has 6 heteroatoms. The Morgan fingerprint density at radius 3 is 2.37 bits per heavy atom. The Bertz CT molecular complexity index is 439. The molecule has 0 saturated carbocycles. The minimum Gasteiger partial charge on any atom is -0.337 e. The molecule has 0 atom stereocenters. The third-order valence-corrected chi connectivity index (χ3v) is 3.73. The number of urea groups is 1. The predicted molar refractivity (Wildman–Crippen MR) is 78.3 cm³/mol. The van der Waals surface area contributed by atoms with Crippen molar-refractivity contribution in [3.8, 4) is 0 Å². The molecule has 1 saturated heterocycles. The highest BCUT2D eigenvalue weighted by Gasteiger charge is 2.20. The Hall–Kier alpha value is -0.970. The molecule has 3 N–H and O–H groups in total. The first-order valence-electron chi connectivity index (χ1n) is 6.38. The standard InChI is InChI=1S/C13H17Cl2N3O/c1-18-4-2-11(3-5-18)16-13(19)17-12-7-9(14)6-10(15)8-12/h6-8,11H,2-5H2,1H3,(H2,16,17,19)/p+1. The fraction of sp³-hybridized carbons (Fsp3) is 0.462. The summed E-state index contributed by atoms with van der Waals surface area (Å²) >= 11 is 11.8. The average molecular weight is 303 g/mol. The third kappa shape index (κ3) is 4.56. The van der Waals surface area contributed by atoms with Crippen LogP contribution < -0.4 is 15.5 Å². The van der Waals surface area contributed by atoms with Gasteiger partial charge in [0.15, 0.2) is 0 Å². The van der Waals surface area contributed by atoms with E-state index in [0.717, 1.165) is 25.9 Å². The number of benzene rings is 1. The molecule has 1 aromatic carbocycles. The smallest absolute Gasteiger partial charge is 0.319 e. The van der Waals surface area contributed by atoms with Crippen molar-refractivity contribution in [3.05, 3.63) is 28.2 Å². The molecule has 1 aliphatic heterocycles. The Labute approximate surface area is 123 Å². The molecule has 2 amide bonds. The summed E-state index contributed by atoms with van der Waals surface area (Å²) in [6.45, 7) is 2.18. The fourth-order valence-corrected chi connectivity index (χ4v) is 2.76. The van der Waals surface area contributed by atoms with Gasteiger partial charge in [-0.15, -0.1) is 0 Å². The lowest BCUT2D eigenvalue weighted by atomic mass is 10.1. The van der Waals surface area contributed by atoms with E-state index in [1.807, 2.05) is 0 Å². The summed E-state index contributed by atoms with van der Waals surface area (Å²) in [4.78, 5) is 13.4. The lowest BCUT2D eigenvalue weighted by Gasteiger charge is -2.27. The quantitative estimate of drug-likeness (QED) is 0.766. The number of likely N-dealkylation sites (tertiary alicyclic amines) is 1. The van der Waals surface area contributed by atoms with Crippen LogP contribution in [0.3, 0.4) is 0 Å². The van der Waals surface area contributed by atoms with E-state index in [9.17, 15) is 4.79 Å². The second kappa shape index (κ2) is 6.46. The van der Waals surface area contributed by atoms with Crippen LogP contribution in [-0.2, 0) is 0 Å². The summed E-state index contributed by atoms with van der Waals surface area (Å²) < 4.78 is 0. The Balaban J connectivity index is 1.87. The summed E-state index contributed by atoms with van der Waals surface area (Å²) in [5, 5.41) is 6.74. The van der Waals surface area contributed by atoms with Gasteiger partial charge >= 0.3 is 6.03 Å². The molecule has 0 aromatic heterocycles. The maximum atomic E-state index is 11.9. The average Bonchev–Trinajstić information content (AvgIpc) is 2.30. The van der Waals surface area contributed by atoms with Crippen LogP contribution in [0.15, 0.2) is 18.2 Å². The van der Waals surface area contributed by atoms with Crippen molar-refractivity contribution in [2.24, 2.45) is 0 Å². The van der Waals surface area contributed by atoms with Gasteiger partial charge in [0.2, 0.25) is 0 Å². The van der Waals surface area contributed by atoms with E-state index in [4.69, 9.17) is 23.2 Å². The summed E-state index contributed by atoms with van der Waals surface area (Å²) in [7, 11) is 2.17. The molecule has 104 valence electrons. The number of halogens is 2. The predicted octanol–water partition coefficient (Wildman–Crippen LogP) is 1.79. The van der Waals surface area contributed by atoms with E-state index >= 15 is 0 Å². The molecular weight excluding hydrogens is 285 g/mol. The molecule has 0 unspecified atom stereocenters. The van der Waals surface area contributed by atoms with Gasteiger partial charge in [0, 0.05) is 34.6 Å². The normalized spacial score (nSPS) is 22.9. The van der Waals surface area contributed by atoms with Crippen molar-refractivity contribution in [2.45, 2.75) is 18.9 Å². The van der Waals surface area contributed by atoms with E-state index in [2.05, 4.69) is 17.7 Å². The molecule has 19 heavy (non-hydrogen) atoms. The second-order valence-corrected chi connectivity index (χ2v) is 5.86. The SMILES string of the molecule is C[NH+]1CCC(NC(=O)Nc2cc(Cl)cc(Cl)c2)CC1. The van der Waals surface area contributed by atoms with Gasteiger partial charge in [-0.3, -0.25) is 0 Å². The fourth-order valence-electron chi connectivity index (χ4n) is 2.23. The Morgan fingerprint density at radius 2 is 1.79 bits per heavy atom. The first-order chi connectivity index (χ1) is 9.02. The molecule has 1 heterocycles. The zero-order valence-electron chi connectivity index (χ0n) is 10.8. The number of anilines is 1. The number of hydrogen-bond acceptors (Lipinski definition) is 1. The number of carbonyl (C=O) groups excluding carboxylic acids is 1. The van der Waals surface area contributed by atoms with Gasteiger partial charge in [-0.2, -0.15) is 0 Å². The highest BCUT2D eigenvalue weighted by Crippen LogP contribution is 2.22. The van der Waals surface area contributed by atoms with Crippen molar-refractivity contribution in [1.29, 1.82) is 0 Å².